The maximum absolute atomic E-state index is 8.87. The fourth-order valence-corrected chi connectivity index (χ4v) is 1.51. The summed E-state index contributed by atoms with van der Waals surface area (Å²) in [5.74, 6) is 1.06. The summed E-state index contributed by atoms with van der Waals surface area (Å²) in [6, 6.07) is 0. The summed E-state index contributed by atoms with van der Waals surface area (Å²) in [6.45, 7) is 3.32. The van der Waals surface area contributed by atoms with E-state index in [2.05, 4.69) is 25.9 Å². The Hall–Kier alpha value is -0.880. The number of hydrogen-bond acceptors (Lipinski definition) is 5. The van der Waals surface area contributed by atoms with E-state index < -0.39 is 0 Å². The molecule has 0 saturated carbocycles. The smallest absolute Gasteiger partial charge is 0.232 e. The highest BCUT2D eigenvalue weighted by Crippen LogP contribution is 2.23. The normalized spacial score (nSPS) is 10.1. The molecule has 5 nitrogen and oxygen atoms in total. The third kappa shape index (κ3) is 3.04. The lowest BCUT2D eigenvalue weighted by Gasteiger charge is -2.19. The highest BCUT2D eigenvalue weighted by Gasteiger charge is 2.10. The summed E-state index contributed by atoms with van der Waals surface area (Å²) in [5.41, 5.74) is 0. The zero-order valence-electron chi connectivity index (χ0n) is 8.77. The zero-order valence-corrected chi connectivity index (χ0v) is 10.4. The molecule has 0 aromatic carbocycles. The molecule has 0 aliphatic carbocycles. The summed E-state index contributed by atoms with van der Waals surface area (Å²) in [6.07, 6.45) is 1.64. The van der Waals surface area contributed by atoms with Gasteiger partial charge in [-0.25, -0.2) is 4.98 Å². The van der Waals surface area contributed by atoms with E-state index in [4.69, 9.17) is 9.84 Å². The molecule has 0 bridgehead atoms. The van der Waals surface area contributed by atoms with Crippen LogP contribution in [0.5, 0.6) is 5.88 Å². The van der Waals surface area contributed by atoms with E-state index in [1.54, 1.807) is 13.3 Å². The zero-order chi connectivity index (χ0) is 11.3. The molecule has 1 aromatic rings. The van der Waals surface area contributed by atoms with Crippen LogP contribution in [0.3, 0.4) is 0 Å². The molecule has 0 radical (unpaired) electrons. The minimum atomic E-state index is 0.0789. The highest BCUT2D eigenvalue weighted by atomic mass is 79.9. The van der Waals surface area contributed by atoms with Crippen molar-refractivity contribution in [2.75, 3.05) is 31.7 Å². The Morgan fingerprint density at radius 3 is 2.87 bits per heavy atom. The van der Waals surface area contributed by atoms with Gasteiger partial charge in [-0.15, -0.1) is 0 Å². The lowest BCUT2D eigenvalue weighted by atomic mass is 10.5. The Kier molecular flexibility index (Phi) is 4.77. The van der Waals surface area contributed by atoms with Crippen molar-refractivity contribution in [2.24, 2.45) is 0 Å². The molecule has 0 unspecified atom stereocenters. The number of methoxy groups -OCH3 is 1. The molecule has 0 aliphatic rings. The van der Waals surface area contributed by atoms with Crippen LogP contribution < -0.4 is 9.64 Å². The number of ether oxygens (including phenoxy) is 1. The standard InChI is InChI=1S/C9H14BrN3O2/c1-3-13(4-5-14)9-11-6-7(10)8(12-9)15-2/h6,14H,3-5H2,1-2H3. The fourth-order valence-electron chi connectivity index (χ4n) is 1.16. The van der Waals surface area contributed by atoms with Gasteiger partial charge < -0.3 is 14.7 Å². The van der Waals surface area contributed by atoms with E-state index in [0.29, 0.717) is 22.8 Å². The number of hydrogen-bond donors (Lipinski definition) is 1. The third-order valence-electron chi connectivity index (χ3n) is 1.93. The lowest BCUT2D eigenvalue weighted by Crippen LogP contribution is -2.28. The number of anilines is 1. The second-order valence-electron chi connectivity index (χ2n) is 2.83. The second-order valence-corrected chi connectivity index (χ2v) is 3.68. The largest absolute Gasteiger partial charge is 0.480 e. The molecule has 1 N–H and O–H groups in total. The van der Waals surface area contributed by atoms with Crippen LogP contribution in [0.1, 0.15) is 6.92 Å². The predicted octanol–water partition coefficient (Wildman–Crippen LogP) is 1.07. The molecule has 0 saturated heterocycles. The van der Waals surface area contributed by atoms with Crippen LogP contribution in [-0.4, -0.2) is 41.9 Å². The number of aromatic nitrogens is 2. The number of aliphatic hydroxyl groups is 1. The first kappa shape index (κ1) is 12.2. The van der Waals surface area contributed by atoms with Crippen molar-refractivity contribution < 1.29 is 9.84 Å². The van der Waals surface area contributed by atoms with Crippen molar-refractivity contribution in [3.63, 3.8) is 0 Å². The van der Waals surface area contributed by atoms with Crippen LogP contribution in [0.25, 0.3) is 0 Å². The molecule has 84 valence electrons. The summed E-state index contributed by atoms with van der Waals surface area (Å²) >= 11 is 3.28. The van der Waals surface area contributed by atoms with Crippen molar-refractivity contribution in [3.05, 3.63) is 10.7 Å². The first-order valence-corrected chi connectivity index (χ1v) is 5.44. The van der Waals surface area contributed by atoms with Gasteiger partial charge in [0.1, 0.15) is 0 Å². The van der Waals surface area contributed by atoms with E-state index in [0.717, 1.165) is 6.54 Å². The van der Waals surface area contributed by atoms with E-state index >= 15 is 0 Å². The second kappa shape index (κ2) is 5.87. The van der Waals surface area contributed by atoms with Crippen LogP contribution in [0, 0.1) is 0 Å². The molecule has 6 heteroatoms. The van der Waals surface area contributed by atoms with Crippen molar-refractivity contribution in [3.8, 4) is 5.88 Å². The third-order valence-corrected chi connectivity index (χ3v) is 2.47. The van der Waals surface area contributed by atoms with Crippen molar-refractivity contribution >= 4 is 21.9 Å². The Labute approximate surface area is 97.2 Å². The molecule has 1 heterocycles. The van der Waals surface area contributed by atoms with Gasteiger partial charge in [-0.3, -0.25) is 0 Å². The molecule has 0 spiro atoms. The van der Waals surface area contributed by atoms with E-state index in [9.17, 15) is 0 Å². The monoisotopic (exact) mass is 275 g/mol. The average Bonchev–Trinajstić information content (AvgIpc) is 2.27. The topological polar surface area (TPSA) is 58.5 Å². The number of rotatable bonds is 5. The van der Waals surface area contributed by atoms with Crippen LogP contribution in [0.2, 0.25) is 0 Å². The van der Waals surface area contributed by atoms with Gasteiger partial charge >= 0.3 is 0 Å². The average molecular weight is 276 g/mol. The van der Waals surface area contributed by atoms with Crippen molar-refractivity contribution in [1.29, 1.82) is 0 Å². The van der Waals surface area contributed by atoms with Gasteiger partial charge in [0.15, 0.2) is 0 Å². The molecular formula is C9H14BrN3O2. The first-order valence-electron chi connectivity index (χ1n) is 4.65. The van der Waals surface area contributed by atoms with Gasteiger partial charge in [-0.05, 0) is 22.9 Å². The first-order chi connectivity index (χ1) is 7.22. The molecule has 15 heavy (non-hydrogen) atoms. The number of halogens is 1. The van der Waals surface area contributed by atoms with E-state index in [1.807, 2.05) is 11.8 Å². The highest BCUT2D eigenvalue weighted by molar-refractivity contribution is 9.10. The van der Waals surface area contributed by atoms with Gasteiger partial charge in [0, 0.05) is 13.1 Å². The van der Waals surface area contributed by atoms with Crippen LogP contribution in [-0.2, 0) is 0 Å². The van der Waals surface area contributed by atoms with E-state index in [1.165, 1.54) is 0 Å². The maximum atomic E-state index is 8.87. The van der Waals surface area contributed by atoms with Crippen LogP contribution in [0.4, 0.5) is 5.95 Å². The Balaban J connectivity index is 2.92. The Morgan fingerprint density at radius 1 is 1.60 bits per heavy atom. The van der Waals surface area contributed by atoms with Gasteiger partial charge in [0.25, 0.3) is 0 Å². The molecule has 0 fully saturated rings. The predicted molar refractivity (Wildman–Crippen MR) is 61.3 cm³/mol. The lowest BCUT2D eigenvalue weighted by molar-refractivity contribution is 0.301. The molecule has 1 aromatic heterocycles. The Morgan fingerprint density at radius 2 is 2.33 bits per heavy atom. The van der Waals surface area contributed by atoms with Gasteiger partial charge in [-0.2, -0.15) is 4.98 Å². The summed E-state index contributed by atoms with van der Waals surface area (Å²) < 4.78 is 5.79. The maximum Gasteiger partial charge on any atom is 0.232 e. The van der Waals surface area contributed by atoms with Gasteiger partial charge in [-0.1, -0.05) is 0 Å². The fraction of sp³-hybridized carbons (Fsp3) is 0.556. The van der Waals surface area contributed by atoms with E-state index in [-0.39, 0.29) is 6.61 Å². The molecule has 0 atom stereocenters. The minimum Gasteiger partial charge on any atom is -0.480 e. The SMILES string of the molecule is CCN(CCO)c1ncc(Br)c(OC)n1. The molecular weight excluding hydrogens is 262 g/mol. The molecule has 1 rings (SSSR count). The molecule has 0 amide bonds. The number of aliphatic hydroxyl groups excluding tert-OH is 1. The minimum absolute atomic E-state index is 0.0789. The van der Waals surface area contributed by atoms with Crippen molar-refractivity contribution in [2.45, 2.75) is 6.92 Å². The van der Waals surface area contributed by atoms with Gasteiger partial charge in [0.05, 0.1) is 24.4 Å². The summed E-state index contributed by atoms with van der Waals surface area (Å²) in [4.78, 5) is 10.2. The van der Waals surface area contributed by atoms with Crippen molar-refractivity contribution in [1.82, 2.24) is 9.97 Å². The molecule has 0 aliphatic heterocycles. The summed E-state index contributed by atoms with van der Waals surface area (Å²) in [7, 11) is 1.55. The number of nitrogens with zero attached hydrogens (tertiary/aromatic N) is 3. The number of likely N-dealkylation sites (N-methyl/N-ethyl adjacent to an activating group) is 1. The summed E-state index contributed by atoms with van der Waals surface area (Å²) in [5, 5.41) is 8.87. The Bertz CT molecular complexity index is 322. The van der Waals surface area contributed by atoms with Crippen LogP contribution in [0.15, 0.2) is 10.7 Å². The quantitative estimate of drug-likeness (QED) is 0.871. The van der Waals surface area contributed by atoms with Crippen LogP contribution >= 0.6 is 15.9 Å². The van der Waals surface area contributed by atoms with Gasteiger partial charge in [0.2, 0.25) is 11.8 Å².